The van der Waals surface area contributed by atoms with Gasteiger partial charge in [-0.2, -0.15) is 13.8 Å². The third-order valence-electron chi connectivity index (χ3n) is 1.68. The van der Waals surface area contributed by atoms with Crippen LogP contribution >= 0.6 is 23.3 Å². The molecule has 2 heterocycles. The summed E-state index contributed by atoms with van der Waals surface area (Å²) in [7, 11) is 0. The summed E-state index contributed by atoms with van der Waals surface area (Å²) in [4.78, 5) is 0. The molecule has 0 saturated heterocycles. The number of aryl methyl sites for hydroxylation is 1. The summed E-state index contributed by atoms with van der Waals surface area (Å²) in [6, 6.07) is 0. The Hall–Kier alpha value is -0.940. The molecular formula is C7H7ClN4S. The summed E-state index contributed by atoms with van der Waals surface area (Å²) in [5.41, 5.74) is 1.63. The third kappa shape index (κ3) is 1.57. The molecule has 0 spiro atoms. The van der Waals surface area contributed by atoms with E-state index in [0.29, 0.717) is 10.8 Å². The lowest BCUT2D eigenvalue weighted by atomic mass is 10.3. The van der Waals surface area contributed by atoms with Crippen LogP contribution in [0.25, 0.3) is 11.3 Å². The molecular weight excluding hydrogens is 208 g/mol. The van der Waals surface area contributed by atoms with Gasteiger partial charge in [0.25, 0.3) is 0 Å². The average molecular weight is 215 g/mol. The van der Waals surface area contributed by atoms with E-state index in [4.69, 9.17) is 11.6 Å². The molecule has 0 aliphatic rings. The van der Waals surface area contributed by atoms with E-state index in [0.717, 1.165) is 23.8 Å². The molecule has 2 aromatic heterocycles. The first-order valence-electron chi connectivity index (χ1n) is 3.82. The van der Waals surface area contributed by atoms with E-state index in [1.165, 1.54) is 0 Å². The molecule has 0 aliphatic carbocycles. The second kappa shape index (κ2) is 3.43. The van der Waals surface area contributed by atoms with Crippen molar-refractivity contribution in [3.05, 3.63) is 17.5 Å². The Balaban J connectivity index is 2.41. The standard InChI is InChI=1S/C7H7ClN4S/c1-2-12-4-5(3-9-12)6-7(8)11-13-10-6/h3-4H,2H2,1H3. The Bertz CT molecular complexity index is 408. The van der Waals surface area contributed by atoms with E-state index in [2.05, 4.69) is 13.8 Å². The quantitative estimate of drug-likeness (QED) is 0.769. The largest absolute Gasteiger partial charge is 0.272 e. The predicted molar refractivity (Wildman–Crippen MR) is 51.8 cm³/mol. The van der Waals surface area contributed by atoms with Crippen LogP contribution in [0, 0.1) is 0 Å². The predicted octanol–water partition coefficient (Wildman–Crippen LogP) is 2.07. The molecule has 0 amide bonds. The molecule has 0 fully saturated rings. The Morgan fingerprint density at radius 3 is 2.92 bits per heavy atom. The lowest BCUT2D eigenvalue weighted by Crippen LogP contribution is -1.91. The molecule has 0 aliphatic heterocycles. The minimum atomic E-state index is 0.445. The maximum Gasteiger partial charge on any atom is 0.170 e. The molecule has 6 heteroatoms. The maximum absolute atomic E-state index is 5.83. The fourth-order valence-electron chi connectivity index (χ4n) is 1.01. The van der Waals surface area contributed by atoms with E-state index in [9.17, 15) is 0 Å². The van der Waals surface area contributed by atoms with Crippen molar-refractivity contribution in [2.45, 2.75) is 13.5 Å². The van der Waals surface area contributed by atoms with Crippen LogP contribution in [0.1, 0.15) is 6.92 Å². The van der Waals surface area contributed by atoms with E-state index in [-0.39, 0.29) is 0 Å². The number of nitrogens with zero attached hydrogens (tertiary/aromatic N) is 4. The van der Waals surface area contributed by atoms with Gasteiger partial charge in [0, 0.05) is 18.3 Å². The lowest BCUT2D eigenvalue weighted by Gasteiger charge is -1.90. The second-order valence-electron chi connectivity index (χ2n) is 2.49. The van der Waals surface area contributed by atoms with Crippen LogP contribution in [0.3, 0.4) is 0 Å². The molecule has 2 rings (SSSR count). The first-order valence-corrected chi connectivity index (χ1v) is 4.93. The van der Waals surface area contributed by atoms with Gasteiger partial charge in [-0.3, -0.25) is 4.68 Å². The van der Waals surface area contributed by atoms with Crippen LogP contribution in [0.5, 0.6) is 0 Å². The zero-order valence-electron chi connectivity index (χ0n) is 6.94. The number of rotatable bonds is 2. The van der Waals surface area contributed by atoms with Crippen LogP contribution in [-0.2, 0) is 6.54 Å². The van der Waals surface area contributed by atoms with Gasteiger partial charge in [0.05, 0.1) is 17.9 Å². The average Bonchev–Trinajstić information content (AvgIpc) is 2.71. The van der Waals surface area contributed by atoms with Gasteiger partial charge in [-0.25, -0.2) is 0 Å². The molecule has 0 bridgehead atoms. The van der Waals surface area contributed by atoms with Gasteiger partial charge in [-0.15, -0.1) is 0 Å². The van der Waals surface area contributed by atoms with Gasteiger partial charge in [0.15, 0.2) is 5.15 Å². The van der Waals surface area contributed by atoms with Crippen LogP contribution in [-0.4, -0.2) is 18.5 Å². The second-order valence-corrected chi connectivity index (χ2v) is 3.37. The number of aromatic nitrogens is 4. The van der Waals surface area contributed by atoms with Gasteiger partial charge in [0.1, 0.15) is 5.69 Å². The van der Waals surface area contributed by atoms with Crippen molar-refractivity contribution >= 4 is 23.3 Å². The first kappa shape index (κ1) is 8.65. The summed E-state index contributed by atoms with van der Waals surface area (Å²) in [6.45, 7) is 2.87. The molecule has 68 valence electrons. The third-order valence-corrected chi connectivity index (χ3v) is 2.57. The molecule has 13 heavy (non-hydrogen) atoms. The summed E-state index contributed by atoms with van der Waals surface area (Å²) < 4.78 is 9.79. The molecule has 4 nitrogen and oxygen atoms in total. The molecule has 0 radical (unpaired) electrons. The number of hydrogen-bond acceptors (Lipinski definition) is 4. The number of halogens is 1. The minimum Gasteiger partial charge on any atom is -0.272 e. The molecule has 0 saturated carbocycles. The van der Waals surface area contributed by atoms with Gasteiger partial charge < -0.3 is 0 Å². The van der Waals surface area contributed by atoms with Gasteiger partial charge in [-0.1, -0.05) is 11.6 Å². The van der Waals surface area contributed by atoms with E-state index in [1.807, 2.05) is 17.8 Å². The van der Waals surface area contributed by atoms with E-state index >= 15 is 0 Å². The zero-order valence-corrected chi connectivity index (χ0v) is 8.51. The van der Waals surface area contributed by atoms with Crippen LogP contribution in [0.2, 0.25) is 5.15 Å². The van der Waals surface area contributed by atoms with Crippen molar-refractivity contribution in [3.8, 4) is 11.3 Å². The Labute approximate surface area is 84.5 Å². The highest BCUT2D eigenvalue weighted by atomic mass is 35.5. The molecule has 0 atom stereocenters. The Kier molecular flexibility index (Phi) is 2.28. The van der Waals surface area contributed by atoms with Crippen molar-refractivity contribution in [1.82, 2.24) is 18.5 Å². The maximum atomic E-state index is 5.83. The summed E-state index contributed by atoms with van der Waals surface area (Å²) in [5, 5.41) is 4.57. The normalized spacial score (nSPS) is 10.6. The highest BCUT2D eigenvalue weighted by Gasteiger charge is 2.09. The highest BCUT2D eigenvalue weighted by molar-refractivity contribution is 6.99. The molecule has 2 aromatic rings. The minimum absolute atomic E-state index is 0.445. The van der Waals surface area contributed by atoms with Crippen molar-refractivity contribution in [2.24, 2.45) is 0 Å². The van der Waals surface area contributed by atoms with Crippen LogP contribution in [0.4, 0.5) is 0 Å². The van der Waals surface area contributed by atoms with Crippen LogP contribution in [0.15, 0.2) is 12.4 Å². The Morgan fingerprint density at radius 1 is 1.54 bits per heavy atom. The highest BCUT2D eigenvalue weighted by Crippen LogP contribution is 2.24. The van der Waals surface area contributed by atoms with Crippen molar-refractivity contribution in [2.75, 3.05) is 0 Å². The van der Waals surface area contributed by atoms with E-state index < -0.39 is 0 Å². The zero-order chi connectivity index (χ0) is 9.26. The van der Waals surface area contributed by atoms with E-state index in [1.54, 1.807) is 6.20 Å². The Morgan fingerprint density at radius 2 is 2.38 bits per heavy atom. The number of hydrogen-bond donors (Lipinski definition) is 0. The topological polar surface area (TPSA) is 43.6 Å². The van der Waals surface area contributed by atoms with Gasteiger partial charge >= 0.3 is 0 Å². The monoisotopic (exact) mass is 214 g/mol. The summed E-state index contributed by atoms with van der Waals surface area (Å²) in [5.74, 6) is 0. The lowest BCUT2D eigenvalue weighted by molar-refractivity contribution is 0.660. The fourth-order valence-corrected chi connectivity index (χ4v) is 1.78. The van der Waals surface area contributed by atoms with Crippen molar-refractivity contribution < 1.29 is 0 Å². The van der Waals surface area contributed by atoms with Crippen molar-refractivity contribution in [3.63, 3.8) is 0 Å². The first-order chi connectivity index (χ1) is 6.31. The smallest absolute Gasteiger partial charge is 0.170 e. The molecule has 0 unspecified atom stereocenters. The molecule has 0 aromatic carbocycles. The summed E-state index contributed by atoms with van der Waals surface area (Å²) in [6.07, 6.45) is 3.65. The summed E-state index contributed by atoms with van der Waals surface area (Å²) >= 11 is 6.94. The van der Waals surface area contributed by atoms with Crippen LogP contribution < -0.4 is 0 Å². The van der Waals surface area contributed by atoms with Gasteiger partial charge in [-0.05, 0) is 6.92 Å². The fraction of sp³-hybridized carbons (Fsp3) is 0.286. The SMILES string of the molecule is CCn1cc(-c2nsnc2Cl)cn1. The van der Waals surface area contributed by atoms with Crippen molar-refractivity contribution in [1.29, 1.82) is 0 Å². The molecule has 0 N–H and O–H groups in total. The van der Waals surface area contributed by atoms with Gasteiger partial charge in [0.2, 0.25) is 0 Å².